The molecular weight excluding hydrogens is 326 g/mol. The quantitative estimate of drug-likeness (QED) is 0.695. The van der Waals surface area contributed by atoms with Crippen LogP contribution in [0.1, 0.15) is 38.9 Å². The Morgan fingerprint density at radius 3 is 2.85 bits per heavy atom. The molecule has 4 heterocycles. The van der Waals surface area contributed by atoms with Gasteiger partial charge in [-0.1, -0.05) is 19.9 Å². The van der Waals surface area contributed by atoms with Gasteiger partial charge in [0.1, 0.15) is 11.5 Å². The van der Waals surface area contributed by atoms with Crippen LogP contribution in [0, 0.1) is 5.41 Å². The van der Waals surface area contributed by atoms with E-state index in [-0.39, 0.29) is 0 Å². The lowest BCUT2D eigenvalue weighted by Gasteiger charge is -2.40. The number of hydrogen-bond donors (Lipinski definition) is 0. The molecule has 6 heteroatoms. The van der Waals surface area contributed by atoms with E-state index in [0.29, 0.717) is 12.0 Å². The summed E-state index contributed by atoms with van der Waals surface area (Å²) in [5, 5.41) is 9.04. The van der Waals surface area contributed by atoms with Crippen LogP contribution in [0.2, 0.25) is 0 Å². The van der Waals surface area contributed by atoms with Gasteiger partial charge in [-0.3, -0.25) is 9.55 Å². The molecule has 0 saturated carbocycles. The standard InChI is InChI=1S/C20H25N5O/c1-3-20(2)10-7-12-24(15-20)19-23-22-18(17-9-4-5-11-21-17)25(19)14-16-8-6-13-26-16/h4-6,8-9,11,13H,3,7,10,12,14-15H2,1-2H3. The van der Waals surface area contributed by atoms with Crippen LogP contribution in [0.5, 0.6) is 0 Å². The summed E-state index contributed by atoms with van der Waals surface area (Å²) in [5.74, 6) is 2.57. The Kier molecular flexibility index (Phi) is 4.49. The molecular formula is C20H25N5O. The van der Waals surface area contributed by atoms with E-state index in [0.717, 1.165) is 36.3 Å². The molecule has 0 aromatic carbocycles. The van der Waals surface area contributed by atoms with Crippen molar-refractivity contribution in [3.05, 3.63) is 48.6 Å². The van der Waals surface area contributed by atoms with E-state index >= 15 is 0 Å². The lowest BCUT2D eigenvalue weighted by Crippen LogP contribution is -2.42. The maximum absolute atomic E-state index is 5.59. The lowest BCUT2D eigenvalue weighted by atomic mass is 9.80. The number of pyridine rings is 1. The van der Waals surface area contributed by atoms with Crippen LogP contribution in [0.15, 0.2) is 47.2 Å². The third kappa shape index (κ3) is 3.23. The van der Waals surface area contributed by atoms with E-state index in [1.54, 1.807) is 12.5 Å². The average Bonchev–Trinajstić information content (AvgIpc) is 3.33. The maximum Gasteiger partial charge on any atom is 0.228 e. The van der Waals surface area contributed by atoms with Crippen LogP contribution in [-0.2, 0) is 6.54 Å². The number of hydrogen-bond acceptors (Lipinski definition) is 5. The molecule has 4 rings (SSSR count). The first-order valence-electron chi connectivity index (χ1n) is 9.30. The van der Waals surface area contributed by atoms with E-state index < -0.39 is 0 Å². The molecule has 1 atom stereocenters. The van der Waals surface area contributed by atoms with Crippen molar-refractivity contribution in [2.45, 2.75) is 39.7 Å². The molecule has 1 aliphatic heterocycles. The molecule has 3 aromatic rings. The predicted molar refractivity (Wildman–Crippen MR) is 101 cm³/mol. The number of aromatic nitrogens is 4. The second kappa shape index (κ2) is 6.94. The highest BCUT2D eigenvalue weighted by Crippen LogP contribution is 2.35. The lowest BCUT2D eigenvalue weighted by molar-refractivity contribution is 0.249. The van der Waals surface area contributed by atoms with Crippen LogP contribution in [-0.4, -0.2) is 32.8 Å². The third-order valence-corrected chi connectivity index (χ3v) is 5.44. The van der Waals surface area contributed by atoms with Crippen molar-refractivity contribution in [3.8, 4) is 11.5 Å². The highest BCUT2D eigenvalue weighted by atomic mass is 16.3. The van der Waals surface area contributed by atoms with Crippen LogP contribution in [0.3, 0.4) is 0 Å². The second-order valence-corrected chi connectivity index (χ2v) is 7.39. The first-order valence-corrected chi connectivity index (χ1v) is 9.30. The van der Waals surface area contributed by atoms with Crippen LogP contribution in [0.25, 0.3) is 11.5 Å². The van der Waals surface area contributed by atoms with Crippen molar-refractivity contribution in [1.82, 2.24) is 19.7 Å². The fourth-order valence-corrected chi connectivity index (χ4v) is 3.69. The number of rotatable bonds is 5. The van der Waals surface area contributed by atoms with Crippen molar-refractivity contribution in [2.75, 3.05) is 18.0 Å². The minimum atomic E-state index is 0.324. The highest BCUT2D eigenvalue weighted by molar-refractivity contribution is 5.53. The van der Waals surface area contributed by atoms with Gasteiger partial charge in [-0.2, -0.15) is 0 Å². The highest BCUT2D eigenvalue weighted by Gasteiger charge is 2.32. The van der Waals surface area contributed by atoms with Gasteiger partial charge in [0.05, 0.1) is 12.8 Å². The Balaban J connectivity index is 1.73. The predicted octanol–water partition coefficient (Wildman–Crippen LogP) is 4.00. The first kappa shape index (κ1) is 16.8. The Hall–Kier alpha value is -2.63. The smallest absolute Gasteiger partial charge is 0.228 e. The van der Waals surface area contributed by atoms with Crippen LogP contribution < -0.4 is 4.90 Å². The van der Waals surface area contributed by atoms with Gasteiger partial charge >= 0.3 is 0 Å². The van der Waals surface area contributed by atoms with Gasteiger partial charge in [-0.25, -0.2) is 0 Å². The van der Waals surface area contributed by atoms with E-state index in [4.69, 9.17) is 4.42 Å². The zero-order chi connectivity index (χ0) is 18.0. The Morgan fingerprint density at radius 1 is 1.19 bits per heavy atom. The topological polar surface area (TPSA) is 60.0 Å². The molecule has 3 aromatic heterocycles. The Labute approximate surface area is 153 Å². The molecule has 0 aliphatic carbocycles. The fourth-order valence-electron chi connectivity index (χ4n) is 3.69. The molecule has 1 saturated heterocycles. The maximum atomic E-state index is 5.59. The monoisotopic (exact) mass is 351 g/mol. The Morgan fingerprint density at radius 2 is 2.12 bits per heavy atom. The van der Waals surface area contributed by atoms with Gasteiger partial charge in [0.2, 0.25) is 5.95 Å². The van der Waals surface area contributed by atoms with E-state index in [2.05, 4.69) is 38.5 Å². The van der Waals surface area contributed by atoms with Crippen LogP contribution in [0.4, 0.5) is 5.95 Å². The minimum absolute atomic E-state index is 0.324. The molecule has 136 valence electrons. The molecule has 1 fully saturated rings. The van der Waals surface area contributed by atoms with Gasteiger partial charge < -0.3 is 9.32 Å². The van der Waals surface area contributed by atoms with Crippen molar-refractivity contribution in [3.63, 3.8) is 0 Å². The summed E-state index contributed by atoms with van der Waals surface area (Å²) in [6.07, 6.45) is 7.10. The molecule has 26 heavy (non-hydrogen) atoms. The number of furan rings is 1. The van der Waals surface area contributed by atoms with Gasteiger partial charge in [0.25, 0.3) is 0 Å². The molecule has 0 bridgehead atoms. The normalized spacial score (nSPS) is 20.5. The summed E-state index contributed by atoms with van der Waals surface area (Å²) >= 11 is 0. The molecule has 0 N–H and O–H groups in total. The summed E-state index contributed by atoms with van der Waals surface area (Å²) in [5.41, 5.74) is 1.15. The van der Waals surface area contributed by atoms with Gasteiger partial charge in [-0.05, 0) is 48.9 Å². The summed E-state index contributed by atoms with van der Waals surface area (Å²) in [7, 11) is 0. The number of piperidine rings is 1. The van der Waals surface area contributed by atoms with Gasteiger partial charge in [0.15, 0.2) is 5.82 Å². The SMILES string of the molecule is CCC1(C)CCCN(c2nnc(-c3ccccn3)n2Cc2ccco2)C1. The second-order valence-electron chi connectivity index (χ2n) is 7.39. The molecule has 0 amide bonds. The molecule has 6 nitrogen and oxygen atoms in total. The van der Waals surface area contributed by atoms with E-state index in [9.17, 15) is 0 Å². The van der Waals surface area contributed by atoms with Crippen molar-refractivity contribution >= 4 is 5.95 Å². The molecule has 1 unspecified atom stereocenters. The van der Waals surface area contributed by atoms with Gasteiger partial charge in [0, 0.05) is 19.3 Å². The number of anilines is 1. The molecule has 1 aliphatic rings. The summed E-state index contributed by atoms with van der Waals surface area (Å²) in [6, 6.07) is 9.75. The summed E-state index contributed by atoms with van der Waals surface area (Å²) in [4.78, 5) is 6.84. The van der Waals surface area contributed by atoms with E-state index in [1.165, 1.54) is 19.3 Å². The van der Waals surface area contributed by atoms with Gasteiger partial charge in [-0.15, -0.1) is 10.2 Å². The average molecular weight is 351 g/mol. The minimum Gasteiger partial charge on any atom is -0.467 e. The zero-order valence-corrected chi connectivity index (χ0v) is 15.4. The fraction of sp³-hybridized carbons (Fsp3) is 0.450. The van der Waals surface area contributed by atoms with Crippen molar-refractivity contribution < 1.29 is 4.42 Å². The number of nitrogens with zero attached hydrogens (tertiary/aromatic N) is 5. The van der Waals surface area contributed by atoms with E-state index in [1.807, 2.05) is 30.3 Å². The summed E-state index contributed by atoms with van der Waals surface area (Å²) in [6.45, 7) is 7.25. The van der Waals surface area contributed by atoms with Crippen molar-refractivity contribution in [1.29, 1.82) is 0 Å². The molecule has 0 spiro atoms. The Bertz CT molecular complexity index is 842. The largest absolute Gasteiger partial charge is 0.467 e. The third-order valence-electron chi connectivity index (χ3n) is 5.44. The van der Waals surface area contributed by atoms with Crippen molar-refractivity contribution in [2.24, 2.45) is 5.41 Å². The first-order chi connectivity index (χ1) is 12.7. The molecule has 0 radical (unpaired) electrons. The summed E-state index contributed by atoms with van der Waals surface area (Å²) < 4.78 is 7.71. The van der Waals surface area contributed by atoms with Crippen LogP contribution >= 0.6 is 0 Å². The zero-order valence-electron chi connectivity index (χ0n) is 15.4.